The van der Waals surface area contributed by atoms with Crippen LogP contribution in [0, 0.1) is 5.41 Å². The number of amides is 1. The van der Waals surface area contributed by atoms with E-state index in [2.05, 4.69) is 5.32 Å². The maximum Gasteiger partial charge on any atom is 0.240 e. The van der Waals surface area contributed by atoms with E-state index in [1.54, 1.807) is 11.8 Å². The maximum absolute atomic E-state index is 12.4. The zero-order chi connectivity index (χ0) is 14.2. The third-order valence-corrected chi connectivity index (χ3v) is 6.07. The van der Waals surface area contributed by atoms with Crippen molar-refractivity contribution in [2.45, 2.75) is 44.4 Å². The smallest absolute Gasteiger partial charge is 0.240 e. The van der Waals surface area contributed by atoms with E-state index in [0.717, 1.165) is 44.0 Å². The van der Waals surface area contributed by atoms with Gasteiger partial charge in [-0.1, -0.05) is 0 Å². The monoisotopic (exact) mass is 300 g/mol. The lowest BCUT2D eigenvalue weighted by atomic mass is 9.58. The lowest BCUT2D eigenvalue weighted by molar-refractivity contribution is -0.210. The van der Waals surface area contributed by atoms with Crippen LogP contribution in [0.3, 0.4) is 0 Å². The molecule has 3 aliphatic rings. The van der Waals surface area contributed by atoms with Gasteiger partial charge in [0.15, 0.2) is 0 Å². The van der Waals surface area contributed by atoms with Crippen LogP contribution in [0.25, 0.3) is 0 Å². The molecule has 114 valence electrons. The fourth-order valence-electron chi connectivity index (χ4n) is 3.73. The number of nitrogens with one attached hydrogen (secondary N) is 1. The first kappa shape index (κ1) is 14.6. The van der Waals surface area contributed by atoms with Gasteiger partial charge < -0.3 is 14.7 Å². The number of rotatable bonds is 3. The highest BCUT2D eigenvalue weighted by molar-refractivity contribution is 7.99. The molecular weight excluding hydrogens is 276 g/mol. The minimum Gasteiger partial charge on any atom is -0.392 e. The summed E-state index contributed by atoms with van der Waals surface area (Å²) in [7, 11) is 0. The predicted octanol–water partition coefficient (Wildman–Crippen LogP) is 0.427. The average molecular weight is 300 g/mol. The molecule has 3 rings (SSSR count). The Morgan fingerprint density at radius 1 is 1.50 bits per heavy atom. The number of carbonyl (C=O) groups is 1. The molecule has 0 bridgehead atoms. The molecule has 5 nitrogen and oxygen atoms in total. The highest BCUT2D eigenvalue weighted by Gasteiger charge is 2.56. The SMILES string of the molecule is CCO[C@@H]1C[C@@H](O)C12CCN(C(=O)[C@H]1CSCN1)CC2. The van der Waals surface area contributed by atoms with Crippen molar-refractivity contribution in [3.63, 3.8) is 0 Å². The summed E-state index contributed by atoms with van der Waals surface area (Å²) in [5, 5.41) is 13.4. The molecule has 0 radical (unpaired) electrons. The number of ether oxygens (including phenoxy) is 1. The number of hydrogen-bond acceptors (Lipinski definition) is 5. The van der Waals surface area contributed by atoms with E-state index in [1.165, 1.54) is 0 Å². The van der Waals surface area contributed by atoms with Gasteiger partial charge in [-0.2, -0.15) is 0 Å². The predicted molar refractivity (Wildman–Crippen MR) is 78.5 cm³/mol. The van der Waals surface area contributed by atoms with Crippen LogP contribution in [0.5, 0.6) is 0 Å². The second-order valence-electron chi connectivity index (χ2n) is 6.03. The Balaban J connectivity index is 1.57. The Kier molecular flexibility index (Phi) is 4.26. The van der Waals surface area contributed by atoms with Gasteiger partial charge in [-0.25, -0.2) is 0 Å². The second kappa shape index (κ2) is 5.83. The first-order valence-corrected chi connectivity index (χ1v) is 8.72. The van der Waals surface area contributed by atoms with Crippen LogP contribution in [0.15, 0.2) is 0 Å². The molecule has 1 aliphatic carbocycles. The fraction of sp³-hybridized carbons (Fsp3) is 0.929. The van der Waals surface area contributed by atoms with Crippen molar-refractivity contribution in [1.82, 2.24) is 10.2 Å². The summed E-state index contributed by atoms with van der Waals surface area (Å²) in [4.78, 5) is 14.3. The van der Waals surface area contributed by atoms with Crippen molar-refractivity contribution >= 4 is 17.7 Å². The number of likely N-dealkylation sites (tertiary alicyclic amines) is 1. The number of hydrogen-bond donors (Lipinski definition) is 2. The van der Waals surface area contributed by atoms with Crippen LogP contribution in [0.4, 0.5) is 0 Å². The summed E-state index contributed by atoms with van der Waals surface area (Å²) in [5.74, 6) is 1.98. The average Bonchev–Trinajstić information content (AvgIpc) is 3.01. The van der Waals surface area contributed by atoms with Gasteiger partial charge in [-0.3, -0.25) is 10.1 Å². The quantitative estimate of drug-likeness (QED) is 0.791. The third-order valence-electron chi connectivity index (χ3n) is 5.13. The molecule has 3 atom stereocenters. The zero-order valence-corrected chi connectivity index (χ0v) is 12.8. The Hall–Kier alpha value is -0.300. The zero-order valence-electron chi connectivity index (χ0n) is 12.0. The van der Waals surface area contributed by atoms with Crippen molar-refractivity contribution in [3.8, 4) is 0 Å². The maximum atomic E-state index is 12.4. The number of carbonyl (C=O) groups excluding carboxylic acids is 1. The molecule has 3 fully saturated rings. The van der Waals surface area contributed by atoms with E-state index in [1.807, 2.05) is 11.8 Å². The van der Waals surface area contributed by atoms with Crippen molar-refractivity contribution < 1.29 is 14.6 Å². The van der Waals surface area contributed by atoms with Crippen LogP contribution < -0.4 is 5.32 Å². The molecule has 1 saturated carbocycles. The number of aliphatic hydroxyl groups is 1. The molecule has 2 aliphatic heterocycles. The fourth-order valence-corrected chi connectivity index (χ4v) is 4.67. The Morgan fingerprint density at radius 3 is 2.80 bits per heavy atom. The van der Waals surface area contributed by atoms with Gasteiger partial charge in [0.05, 0.1) is 18.2 Å². The molecule has 0 aromatic heterocycles. The van der Waals surface area contributed by atoms with Gasteiger partial charge in [0, 0.05) is 43.2 Å². The summed E-state index contributed by atoms with van der Waals surface area (Å²) < 4.78 is 5.76. The molecule has 0 aromatic carbocycles. The van der Waals surface area contributed by atoms with Gasteiger partial charge in [0.2, 0.25) is 5.91 Å². The van der Waals surface area contributed by atoms with Crippen molar-refractivity contribution in [1.29, 1.82) is 0 Å². The first-order valence-electron chi connectivity index (χ1n) is 7.57. The molecule has 2 heterocycles. The lowest BCUT2D eigenvalue weighted by Crippen LogP contribution is -2.63. The van der Waals surface area contributed by atoms with Crippen molar-refractivity contribution in [2.75, 3.05) is 31.3 Å². The van der Waals surface area contributed by atoms with Crippen LogP contribution in [-0.2, 0) is 9.53 Å². The Morgan fingerprint density at radius 2 is 2.25 bits per heavy atom. The summed E-state index contributed by atoms with van der Waals surface area (Å²) in [6.45, 7) is 4.20. The topological polar surface area (TPSA) is 61.8 Å². The van der Waals surface area contributed by atoms with E-state index in [-0.39, 0.29) is 29.6 Å². The van der Waals surface area contributed by atoms with Crippen LogP contribution in [0.2, 0.25) is 0 Å². The van der Waals surface area contributed by atoms with Crippen LogP contribution >= 0.6 is 11.8 Å². The van der Waals surface area contributed by atoms with Gasteiger partial charge in [0.1, 0.15) is 0 Å². The van der Waals surface area contributed by atoms with E-state index in [9.17, 15) is 9.90 Å². The summed E-state index contributed by atoms with van der Waals surface area (Å²) >= 11 is 1.78. The Bertz CT molecular complexity index is 363. The number of thioether (sulfide) groups is 1. The summed E-state index contributed by atoms with van der Waals surface area (Å²) in [6.07, 6.45) is 2.41. The van der Waals surface area contributed by atoms with E-state index < -0.39 is 0 Å². The van der Waals surface area contributed by atoms with Crippen molar-refractivity contribution in [3.05, 3.63) is 0 Å². The third kappa shape index (κ3) is 2.36. The number of nitrogens with zero attached hydrogens (tertiary/aromatic N) is 1. The number of piperidine rings is 1. The van der Waals surface area contributed by atoms with Gasteiger partial charge >= 0.3 is 0 Å². The minimum absolute atomic E-state index is 0.0111. The molecular formula is C14H24N2O3S. The van der Waals surface area contributed by atoms with Gasteiger partial charge in [-0.15, -0.1) is 11.8 Å². The largest absolute Gasteiger partial charge is 0.392 e. The lowest BCUT2D eigenvalue weighted by Gasteiger charge is -2.56. The molecule has 2 N–H and O–H groups in total. The standard InChI is InChI=1S/C14H24N2O3S/c1-2-19-12-7-11(17)14(12)3-5-16(6-4-14)13(18)10-8-20-9-15-10/h10-12,15,17H,2-9H2,1H3/t10-,11-,12-/m1/s1. The van der Waals surface area contributed by atoms with Crippen LogP contribution in [0.1, 0.15) is 26.2 Å². The molecule has 6 heteroatoms. The van der Waals surface area contributed by atoms with Gasteiger partial charge in [-0.05, 0) is 19.8 Å². The highest BCUT2D eigenvalue weighted by atomic mass is 32.2. The molecule has 20 heavy (non-hydrogen) atoms. The van der Waals surface area contributed by atoms with Crippen LogP contribution in [-0.4, -0.2) is 65.5 Å². The van der Waals surface area contributed by atoms with E-state index in [4.69, 9.17) is 4.74 Å². The minimum atomic E-state index is -0.253. The first-order chi connectivity index (χ1) is 9.67. The van der Waals surface area contributed by atoms with Crippen molar-refractivity contribution in [2.24, 2.45) is 5.41 Å². The molecule has 1 spiro atoms. The highest BCUT2D eigenvalue weighted by Crippen LogP contribution is 2.50. The Labute approximate surface area is 124 Å². The summed E-state index contributed by atoms with van der Waals surface area (Å²) in [6, 6.07) is -0.0111. The molecule has 0 aromatic rings. The molecule has 2 saturated heterocycles. The second-order valence-corrected chi connectivity index (χ2v) is 7.06. The summed E-state index contributed by atoms with van der Waals surface area (Å²) in [5.41, 5.74) is -0.0926. The number of aliphatic hydroxyl groups excluding tert-OH is 1. The molecule has 1 amide bonds. The van der Waals surface area contributed by atoms with E-state index >= 15 is 0 Å². The van der Waals surface area contributed by atoms with Gasteiger partial charge in [0.25, 0.3) is 0 Å². The normalized spacial score (nSPS) is 36.1. The van der Waals surface area contributed by atoms with E-state index in [0.29, 0.717) is 6.61 Å². The molecule has 0 unspecified atom stereocenters.